The summed E-state index contributed by atoms with van der Waals surface area (Å²) in [6.45, 7) is 6.75. The molecule has 3 heteroatoms. The highest BCUT2D eigenvalue weighted by atomic mass is 35.5. The van der Waals surface area contributed by atoms with E-state index in [4.69, 9.17) is 11.6 Å². The Balaban J connectivity index is 0.000000258. The Morgan fingerprint density at radius 3 is 1.37 bits per heavy atom. The van der Waals surface area contributed by atoms with Gasteiger partial charge in [-0.2, -0.15) is 0 Å². The molecule has 0 radical (unpaired) electrons. The topological polar surface area (TPSA) is 0 Å². The molecule has 0 aliphatic carbocycles. The molecule has 0 aromatic heterocycles. The van der Waals surface area contributed by atoms with Crippen LogP contribution < -0.4 is 10.6 Å². The summed E-state index contributed by atoms with van der Waals surface area (Å²) < 4.78 is 0. The van der Waals surface area contributed by atoms with E-state index in [0.717, 1.165) is 14.1 Å². The SMILES string of the molecule is C[Si](C)(C)CCl.c1ccc(Pc2ccccc2)cc1. The molecule has 0 amide bonds. The average molecular weight is 309 g/mol. The van der Waals surface area contributed by atoms with Crippen molar-refractivity contribution in [1.29, 1.82) is 0 Å². The third-order valence-electron chi connectivity index (χ3n) is 2.24. The van der Waals surface area contributed by atoms with E-state index in [2.05, 4.69) is 80.3 Å². The van der Waals surface area contributed by atoms with Crippen LogP contribution in [0, 0.1) is 0 Å². The van der Waals surface area contributed by atoms with Crippen molar-refractivity contribution < 1.29 is 0 Å². The van der Waals surface area contributed by atoms with E-state index >= 15 is 0 Å². The Morgan fingerprint density at radius 1 is 0.789 bits per heavy atom. The van der Waals surface area contributed by atoms with Crippen molar-refractivity contribution in [2.45, 2.75) is 19.6 Å². The molecule has 0 saturated heterocycles. The number of rotatable bonds is 3. The summed E-state index contributed by atoms with van der Waals surface area (Å²) >= 11 is 5.54. The summed E-state index contributed by atoms with van der Waals surface area (Å²) in [6.07, 6.45) is 0. The number of alkyl halides is 1. The van der Waals surface area contributed by atoms with Crippen LogP contribution in [-0.2, 0) is 0 Å². The molecule has 0 heterocycles. The van der Waals surface area contributed by atoms with Crippen LogP contribution in [-0.4, -0.2) is 13.6 Å². The maximum absolute atomic E-state index is 5.54. The first kappa shape index (κ1) is 16.4. The van der Waals surface area contributed by atoms with Crippen molar-refractivity contribution in [2.75, 3.05) is 5.50 Å². The van der Waals surface area contributed by atoms with Gasteiger partial charge < -0.3 is 0 Å². The minimum atomic E-state index is -0.866. The lowest BCUT2D eigenvalue weighted by molar-refractivity contribution is 1.67. The first-order chi connectivity index (χ1) is 9.01. The maximum atomic E-state index is 5.54. The number of hydrogen-bond donors (Lipinski definition) is 0. The summed E-state index contributed by atoms with van der Waals surface area (Å²) in [5, 5.41) is 2.79. The van der Waals surface area contributed by atoms with Gasteiger partial charge in [-0.1, -0.05) is 88.9 Å². The molecule has 0 atom stereocenters. The molecule has 2 aromatic carbocycles. The maximum Gasteiger partial charge on any atom is 0.0609 e. The predicted molar refractivity (Wildman–Crippen MR) is 94.5 cm³/mol. The van der Waals surface area contributed by atoms with E-state index in [-0.39, 0.29) is 0 Å². The van der Waals surface area contributed by atoms with E-state index < -0.39 is 8.07 Å². The molecule has 2 aromatic rings. The van der Waals surface area contributed by atoms with Crippen molar-refractivity contribution in [1.82, 2.24) is 0 Å². The third kappa shape index (κ3) is 8.21. The van der Waals surface area contributed by atoms with Gasteiger partial charge in [0.1, 0.15) is 0 Å². The Kier molecular flexibility index (Phi) is 7.38. The molecule has 0 aliphatic heterocycles. The molecular weight excluding hydrogens is 287 g/mol. The number of benzene rings is 2. The Bertz CT molecular complexity index is 414. The lowest BCUT2D eigenvalue weighted by Crippen LogP contribution is -2.21. The Morgan fingerprint density at radius 2 is 1.11 bits per heavy atom. The molecule has 0 nitrogen and oxygen atoms in total. The molecule has 102 valence electrons. The normalized spacial score (nSPS) is 10.5. The van der Waals surface area contributed by atoms with E-state index in [1.54, 1.807) is 0 Å². The Labute approximate surface area is 125 Å². The van der Waals surface area contributed by atoms with Crippen LogP contribution >= 0.6 is 20.2 Å². The van der Waals surface area contributed by atoms with Crippen LogP contribution in [0.3, 0.4) is 0 Å². The van der Waals surface area contributed by atoms with Gasteiger partial charge in [0.15, 0.2) is 0 Å². The number of halogens is 1. The van der Waals surface area contributed by atoms with Gasteiger partial charge in [0.2, 0.25) is 0 Å². The molecule has 2 rings (SSSR count). The molecule has 0 saturated carbocycles. The zero-order valence-corrected chi connectivity index (χ0v) is 14.6. The quantitative estimate of drug-likeness (QED) is 0.447. The molecule has 0 bridgehead atoms. The van der Waals surface area contributed by atoms with Gasteiger partial charge in [0, 0.05) is 5.50 Å². The van der Waals surface area contributed by atoms with Gasteiger partial charge in [-0.25, -0.2) is 0 Å². The minimum Gasteiger partial charge on any atom is -0.130 e. The van der Waals surface area contributed by atoms with Crippen LogP contribution in [0.15, 0.2) is 60.7 Å². The second-order valence-electron chi connectivity index (χ2n) is 5.55. The largest absolute Gasteiger partial charge is 0.130 e. The lowest BCUT2D eigenvalue weighted by Gasteiger charge is -2.07. The summed E-state index contributed by atoms with van der Waals surface area (Å²) in [7, 11) is -0.0890. The third-order valence-corrected chi connectivity index (χ3v) is 6.69. The fourth-order valence-electron chi connectivity index (χ4n) is 1.21. The van der Waals surface area contributed by atoms with Crippen LogP contribution in [0.25, 0.3) is 0 Å². The van der Waals surface area contributed by atoms with Crippen LogP contribution in [0.4, 0.5) is 0 Å². The number of hydrogen-bond acceptors (Lipinski definition) is 0. The van der Waals surface area contributed by atoms with Crippen molar-refractivity contribution >= 4 is 38.9 Å². The second-order valence-corrected chi connectivity index (χ2v) is 13.1. The standard InChI is InChI=1S/C12H11P.C4H11ClSi/c1-3-7-11(8-4-1)13-12-9-5-2-6-10-12;1-6(2,3)4-5/h1-10,13H;4H2,1-3H3. The molecule has 0 fully saturated rings. The van der Waals surface area contributed by atoms with Crippen molar-refractivity contribution in [3.05, 3.63) is 60.7 Å². The highest BCUT2D eigenvalue weighted by molar-refractivity contribution is 7.55. The van der Waals surface area contributed by atoms with E-state index in [9.17, 15) is 0 Å². The Hall–Kier alpha value is -0.623. The van der Waals surface area contributed by atoms with Gasteiger partial charge in [0.05, 0.1) is 8.07 Å². The smallest absolute Gasteiger partial charge is 0.0609 e. The summed E-state index contributed by atoms with van der Waals surface area (Å²) in [4.78, 5) is 0. The van der Waals surface area contributed by atoms with Gasteiger partial charge >= 0.3 is 0 Å². The van der Waals surface area contributed by atoms with Gasteiger partial charge in [-0.3, -0.25) is 0 Å². The molecule has 0 spiro atoms. The zero-order valence-electron chi connectivity index (χ0n) is 11.9. The van der Waals surface area contributed by atoms with Gasteiger partial charge in [-0.05, 0) is 10.6 Å². The van der Waals surface area contributed by atoms with Crippen molar-refractivity contribution in [3.63, 3.8) is 0 Å². The lowest BCUT2D eigenvalue weighted by atomic mass is 10.4. The first-order valence-corrected chi connectivity index (χ1v) is 11.7. The van der Waals surface area contributed by atoms with E-state index in [1.807, 2.05) is 0 Å². The molecule has 0 aliphatic rings. The van der Waals surface area contributed by atoms with Crippen LogP contribution in [0.2, 0.25) is 19.6 Å². The molecular formula is C16H22ClPSi. The fraction of sp³-hybridized carbons (Fsp3) is 0.250. The predicted octanol–water partition coefficient (Wildman–Crippen LogP) is 4.42. The first-order valence-electron chi connectivity index (χ1n) is 6.44. The van der Waals surface area contributed by atoms with Crippen LogP contribution in [0.1, 0.15) is 0 Å². The molecule has 0 unspecified atom stereocenters. The van der Waals surface area contributed by atoms with Gasteiger partial charge in [-0.15, -0.1) is 11.6 Å². The van der Waals surface area contributed by atoms with Gasteiger partial charge in [0.25, 0.3) is 0 Å². The van der Waals surface area contributed by atoms with E-state index in [1.165, 1.54) is 10.6 Å². The second kappa shape index (κ2) is 8.53. The highest BCUT2D eigenvalue weighted by Gasteiger charge is 2.08. The minimum absolute atomic E-state index is 0.777. The fourth-order valence-corrected chi connectivity index (χ4v) is 2.26. The monoisotopic (exact) mass is 308 g/mol. The molecule has 0 N–H and O–H groups in total. The zero-order chi connectivity index (χ0) is 14.1. The molecule has 19 heavy (non-hydrogen) atoms. The van der Waals surface area contributed by atoms with Crippen molar-refractivity contribution in [3.8, 4) is 0 Å². The highest BCUT2D eigenvalue weighted by Crippen LogP contribution is 2.08. The summed E-state index contributed by atoms with van der Waals surface area (Å²) in [5.41, 5.74) is 0.882. The van der Waals surface area contributed by atoms with Crippen molar-refractivity contribution in [2.24, 2.45) is 0 Å². The summed E-state index contributed by atoms with van der Waals surface area (Å²) in [6, 6.07) is 21.2. The van der Waals surface area contributed by atoms with E-state index in [0.29, 0.717) is 0 Å². The average Bonchev–Trinajstić information content (AvgIpc) is 2.41. The summed E-state index contributed by atoms with van der Waals surface area (Å²) in [5.74, 6) is 0. The van der Waals surface area contributed by atoms with Crippen LogP contribution in [0.5, 0.6) is 0 Å².